The van der Waals surface area contributed by atoms with Crippen LogP contribution in [0.3, 0.4) is 0 Å². The molecular weight excluding hydrogens is 359 g/mol. The van der Waals surface area contributed by atoms with E-state index in [4.69, 9.17) is 4.74 Å². The fraction of sp³-hybridized carbons (Fsp3) is 0.667. The number of carbonyl (C=O) groups is 1. The van der Waals surface area contributed by atoms with E-state index in [2.05, 4.69) is 22.5 Å². The summed E-state index contributed by atoms with van der Waals surface area (Å²) in [6, 6.07) is 4.69. The molecule has 2 fully saturated rings. The fourth-order valence-electron chi connectivity index (χ4n) is 4.12. The zero-order chi connectivity index (χ0) is 20.1. The van der Waals surface area contributed by atoms with Gasteiger partial charge in [-0.05, 0) is 64.4 Å². The SMILES string of the molecule is CCC(CN1CCCC1)NC(=O)Nc1ccc(N2CC(C)OC(C)C2)c(F)c1. The Morgan fingerprint density at radius 3 is 2.54 bits per heavy atom. The van der Waals surface area contributed by atoms with Crippen LogP contribution in [0.4, 0.5) is 20.6 Å². The van der Waals surface area contributed by atoms with Crippen molar-refractivity contribution in [2.45, 2.75) is 58.3 Å². The highest BCUT2D eigenvalue weighted by Gasteiger charge is 2.24. The second kappa shape index (κ2) is 9.56. The number of halogens is 1. The van der Waals surface area contributed by atoms with Gasteiger partial charge >= 0.3 is 6.03 Å². The van der Waals surface area contributed by atoms with E-state index < -0.39 is 0 Å². The maximum Gasteiger partial charge on any atom is 0.319 e. The highest BCUT2D eigenvalue weighted by atomic mass is 19.1. The molecule has 0 saturated carbocycles. The van der Waals surface area contributed by atoms with Gasteiger partial charge in [-0.15, -0.1) is 0 Å². The molecule has 3 atom stereocenters. The number of hydrogen-bond acceptors (Lipinski definition) is 4. The Balaban J connectivity index is 1.56. The monoisotopic (exact) mass is 392 g/mol. The van der Waals surface area contributed by atoms with E-state index in [0.717, 1.165) is 26.1 Å². The smallest absolute Gasteiger partial charge is 0.319 e. The van der Waals surface area contributed by atoms with Crippen molar-refractivity contribution in [2.75, 3.05) is 42.9 Å². The number of urea groups is 1. The molecule has 1 aromatic carbocycles. The Morgan fingerprint density at radius 2 is 1.93 bits per heavy atom. The van der Waals surface area contributed by atoms with Gasteiger partial charge in [0.15, 0.2) is 0 Å². The first-order valence-corrected chi connectivity index (χ1v) is 10.4. The quantitative estimate of drug-likeness (QED) is 0.779. The summed E-state index contributed by atoms with van der Waals surface area (Å²) in [5.41, 5.74) is 1.01. The van der Waals surface area contributed by atoms with Gasteiger partial charge in [0.2, 0.25) is 0 Å². The van der Waals surface area contributed by atoms with Crippen LogP contribution in [0.25, 0.3) is 0 Å². The number of rotatable bonds is 6. The number of benzene rings is 1. The molecule has 2 heterocycles. The molecular formula is C21H33FN4O2. The highest BCUT2D eigenvalue weighted by molar-refractivity contribution is 5.89. The van der Waals surface area contributed by atoms with E-state index in [1.807, 2.05) is 18.7 Å². The molecule has 0 aromatic heterocycles. The molecule has 6 nitrogen and oxygen atoms in total. The third-order valence-corrected chi connectivity index (χ3v) is 5.47. The van der Waals surface area contributed by atoms with Gasteiger partial charge in [0, 0.05) is 31.4 Å². The molecule has 2 saturated heterocycles. The third kappa shape index (κ3) is 5.58. The predicted molar refractivity (Wildman–Crippen MR) is 111 cm³/mol. The summed E-state index contributed by atoms with van der Waals surface area (Å²) in [6.07, 6.45) is 3.45. The summed E-state index contributed by atoms with van der Waals surface area (Å²) < 4.78 is 20.4. The van der Waals surface area contributed by atoms with E-state index in [-0.39, 0.29) is 30.1 Å². The van der Waals surface area contributed by atoms with E-state index >= 15 is 0 Å². The third-order valence-electron chi connectivity index (χ3n) is 5.47. The zero-order valence-electron chi connectivity index (χ0n) is 17.2. The second-order valence-electron chi connectivity index (χ2n) is 8.04. The van der Waals surface area contributed by atoms with Gasteiger partial charge in [-0.3, -0.25) is 0 Å². The Labute approximate surface area is 167 Å². The molecule has 2 amide bonds. The lowest BCUT2D eigenvalue weighted by Gasteiger charge is -2.37. The standard InChI is InChI=1S/C21H33FN4O2/c1-4-17(14-25-9-5-6-10-25)23-21(27)24-18-7-8-20(19(22)11-18)26-12-15(2)28-16(3)13-26/h7-8,11,15-17H,4-6,9-10,12-14H2,1-3H3,(H2,23,24,27). The number of anilines is 2. The van der Waals surface area contributed by atoms with Gasteiger partial charge in [0.05, 0.1) is 17.9 Å². The summed E-state index contributed by atoms with van der Waals surface area (Å²) in [6.45, 7) is 10.4. The normalized spacial score (nSPS) is 24.2. The molecule has 3 unspecified atom stereocenters. The maximum atomic E-state index is 14.7. The molecule has 2 aliphatic heterocycles. The number of morpholine rings is 1. The summed E-state index contributed by atoms with van der Waals surface area (Å²) in [7, 11) is 0. The van der Waals surface area contributed by atoms with Crippen molar-refractivity contribution in [3.8, 4) is 0 Å². The van der Waals surface area contributed by atoms with Crippen LogP contribution in [0.1, 0.15) is 40.0 Å². The largest absolute Gasteiger partial charge is 0.372 e. The highest BCUT2D eigenvalue weighted by Crippen LogP contribution is 2.26. The number of likely N-dealkylation sites (tertiary alicyclic amines) is 1. The number of hydrogen-bond donors (Lipinski definition) is 2. The van der Waals surface area contributed by atoms with Crippen LogP contribution in [0, 0.1) is 5.82 Å². The minimum Gasteiger partial charge on any atom is -0.372 e. The molecule has 2 aliphatic rings. The molecule has 0 radical (unpaired) electrons. The Bertz CT molecular complexity index is 656. The van der Waals surface area contributed by atoms with E-state index in [1.165, 1.54) is 18.9 Å². The number of carbonyl (C=O) groups excluding carboxylic acids is 1. The molecule has 28 heavy (non-hydrogen) atoms. The van der Waals surface area contributed by atoms with Gasteiger partial charge in [0.1, 0.15) is 5.82 Å². The maximum absolute atomic E-state index is 14.7. The van der Waals surface area contributed by atoms with E-state index in [0.29, 0.717) is 24.5 Å². The molecule has 2 N–H and O–H groups in total. The topological polar surface area (TPSA) is 56.8 Å². The average Bonchev–Trinajstić information content (AvgIpc) is 3.13. The lowest BCUT2D eigenvalue weighted by molar-refractivity contribution is -0.00539. The van der Waals surface area contributed by atoms with Crippen LogP contribution in [-0.4, -0.2) is 61.9 Å². The Kier molecular flexibility index (Phi) is 7.13. The first-order valence-electron chi connectivity index (χ1n) is 10.4. The van der Waals surface area contributed by atoms with Crippen LogP contribution in [0.5, 0.6) is 0 Å². The summed E-state index contributed by atoms with van der Waals surface area (Å²) in [5.74, 6) is -0.330. The number of amides is 2. The average molecular weight is 393 g/mol. The number of nitrogens with zero attached hydrogens (tertiary/aromatic N) is 2. The van der Waals surface area contributed by atoms with Crippen LogP contribution < -0.4 is 15.5 Å². The van der Waals surface area contributed by atoms with Crippen molar-refractivity contribution >= 4 is 17.4 Å². The van der Waals surface area contributed by atoms with E-state index in [1.54, 1.807) is 12.1 Å². The Hall–Kier alpha value is -1.86. The Morgan fingerprint density at radius 1 is 1.25 bits per heavy atom. The fourth-order valence-corrected chi connectivity index (χ4v) is 4.12. The van der Waals surface area contributed by atoms with Crippen LogP contribution in [-0.2, 0) is 4.74 Å². The van der Waals surface area contributed by atoms with E-state index in [9.17, 15) is 9.18 Å². The summed E-state index contributed by atoms with van der Waals surface area (Å²) in [4.78, 5) is 16.7. The molecule has 156 valence electrons. The van der Waals surface area contributed by atoms with Gasteiger partial charge in [0.25, 0.3) is 0 Å². The van der Waals surface area contributed by atoms with Crippen LogP contribution in [0.15, 0.2) is 18.2 Å². The molecule has 0 bridgehead atoms. The summed E-state index contributed by atoms with van der Waals surface area (Å²) >= 11 is 0. The molecule has 3 rings (SSSR count). The lowest BCUT2D eigenvalue weighted by Crippen LogP contribution is -2.45. The van der Waals surface area contributed by atoms with Gasteiger partial charge in [-0.25, -0.2) is 9.18 Å². The molecule has 0 spiro atoms. The van der Waals surface area contributed by atoms with Crippen molar-refractivity contribution in [3.63, 3.8) is 0 Å². The van der Waals surface area contributed by atoms with Crippen molar-refractivity contribution in [1.82, 2.24) is 10.2 Å². The van der Waals surface area contributed by atoms with Gasteiger partial charge in [-0.2, -0.15) is 0 Å². The first kappa shape index (κ1) is 20.9. The number of ether oxygens (including phenoxy) is 1. The van der Waals surface area contributed by atoms with Crippen molar-refractivity contribution < 1.29 is 13.9 Å². The summed E-state index contributed by atoms with van der Waals surface area (Å²) in [5, 5.41) is 5.78. The molecule has 0 aliphatic carbocycles. The van der Waals surface area contributed by atoms with Gasteiger partial charge in [-0.1, -0.05) is 6.92 Å². The van der Waals surface area contributed by atoms with Crippen molar-refractivity contribution in [2.24, 2.45) is 0 Å². The molecule has 1 aromatic rings. The second-order valence-corrected chi connectivity index (χ2v) is 8.04. The van der Waals surface area contributed by atoms with Crippen LogP contribution >= 0.6 is 0 Å². The van der Waals surface area contributed by atoms with Crippen molar-refractivity contribution in [3.05, 3.63) is 24.0 Å². The zero-order valence-corrected chi connectivity index (χ0v) is 17.2. The minimum absolute atomic E-state index is 0.0633. The minimum atomic E-state index is -0.330. The van der Waals surface area contributed by atoms with Crippen LogP contribution in [0.2, 0.25) is 0 Å². The van der Waals surface area contributed by atoms with Gasteiger partial charge < -0.3 is 25.2 Å². The number of nitrogens with one attached hydrogen (secondary N) is 2. The first-order chi connectivity index (χ1) is 13.4. The van der Waals surface area contributed by atoms with Crippen molar-refractivity contribution in [1.29, 1.82) is 0 Å². The predicted octanol–water partition coefficient (Wildman–Crippen LogP) is 3.44. The lowest BCUT2D eigenvalue weighted by atomic mass is 10.2. The molecule has 7 heteroatoms.